The summed E-state index contributed by atoms with van der Waals surface area (Å²) >= 11 is 0. The van der Waals surface area contributed by atoms with Gasteiger partial charge in [-0.05, 0) is 19.3 Å². The van der Waals surface area contributed by atoms with Crippen molar-refractivity contribution in [3.63, 3.8) is 0 Å². The highest BCUT2D eigenvalue weighted by atomic mass is 16.5. The minimum atomic E-state index is -1.05. The van der Waals surface area contributed by atoms with E-state index in [1.54, 1.807) is 6.08 Å². The first-order valence-electron chi connectivity index (χ1n) is 5.21. The SMILES string of the molecule is COC(=O)/C(=C/CCCCCO)CC(=O)O. The van der Waals surface area contributed by atoms with Crippen LogP contribution in [0.15, 0.2) is 11.6 Å². The Labute approximate surface area is 94.7 Å². The van der Waals surface area contributed by atoms with E-state index < -0.39 is 11.9 Å². The number of methoxy groups -OCH3 is 1. The summed E-state index contributed by atoms with van der Waals surface area (Å²) in [5, 5.41) is 17.1. The average Bonchev–Trinajstić information content (AvgIpc) is 2.25. The van der Waals surface area contributed by atoms with Gasteiger partial charge in [-0.2, -0.15) is 0 Å². The van der Waals surface area contributed by atoms with Crippen molar-refractivity contribution in [2.24, 2.45) is 0 Å². The summed E-state index contributed by atoms with van der Waals surface area (Å²) in [7, 11) is 1.23. The molecule has 0 atom stereocenters. The van der Waals surface area contributed by atoms with Gasteiger partial charge in [-0.1, -0.05) is 12.5 Å². The van der Waals surface area contributed by atoms with E-state index in [0.717, 1.165) is 19.3 Å². The van der Waals surface area contributed by atoms with Crippen LogP contribution in [0.2, 0.25) is 0 Å². The molecular weight excluding hydrogens is 212 g/mol. The molecule has 0 saturated carbocycles. The fourth-order valence-electron chi connectivity index (χ4n) is 1.23. The van der Waals surface area contributed by atoms with Crippen LogP contribution in [-0.2, 0) is 14.3 Å². The molecule has 0 saturated heterocycles. The lowest BCUT2D eigenvalue weighted by molar-refractivity contribution is -0.141. The number of aliphatic hydroxyl groups excluding tert-OH is 1. The number of carboxylic acid groups (broad SMARTS) is 1. The van der Waals surface area contributed by atoms with Crippen molar-refractivity contribution in [1.29, 1.82) is 0 Å². The maximum atomic E-state index is 11.2. The molecule has 0 fully saturated rings. The fraction of sp³-hybridized carbons (Fsp3) is 0.636. The molecule has 0 rings (SSSR count). The Morgan fingerprint density at radius 1 is 1.25 bits per heavy atom. The molecule has 0 aliphatic carbocycles. The number of carbonyl (C=O) groups is 2. The van der Waals surface area contributed by atoms with Gasteiger partial charge in [0, 0.05) is 12.2 Å². The van der Waals surface area contributed by atoms with Crippen molar-refractivity contribution in [1.82, 2.24) is 0 Å². The molecule has 92 valence electrons. The van der Waals surface area contributed by atoms with Crippen LogP contribution in [-0.4, -0.2) is 35.9 Å². The molecule has 0 aliphatic heterocycles. The second kappa shape index (κ2) is 8.91. The molecule has 0 amide bonds. The van der Waals surface area contributed by atoms with Gasteiger partial charge in [0.05, 0.1) is 13.5 Å². The molecule has 0 heterocycles. The van der Waals surface area contributed by atoms with Crippen LogP contribution < -0.4 is 0 Å². The quantitative estimate of drug-likeness (QED) is 0.371. The van der Waals surface area contributed by atoms with Gasteiger partial charge >= 0.3 is 11.9 Å². The van der Waals surface area contributed by atoms with Crippen molar-refractivity contribution in [3.05, 3.63) is 11.6 Å². The molecule has 0 spiro atoms. The van der Waals surface area contributed by atoms with Crippen molar-refractivity contribution in [2.45, 2.75) is 32.1 Å². The highest BCUT2D eigenvalue weighted by molar-refractivity contribution is 5.93. The number of unbranched alkanes of at least 4 members (excludes halogenated alkanes) is 3. The second-order valence-electron chi connectivity index (χ2n) is 3.36. The predicted octanol–water partition coefficient (Wildman–Crippen LogP) is 1.11. The molecule has 0 aromatic heterocycles. The molecule has 16 heavy (non-hydrogen) atoms. The first kappa shape index (κ1) is 14.6. The van der Waals surface area contributed by atoms with Crippen LogP contribution in [0.5, 0.6) is 0 Å². The zero-order valence-electron chi connectivity index (χ0n) is 9.44. The zero-order chi connectivity index (χ0) is 12.4. The summed E-state index contributed by atoms with van der Waals surface area (Å²) in [5.74, 6) is -1.64. The monoisotopic (exact) mass is 230 g/mol. The van der Waals surface area contributed by atoms with Gasteiger partial charge < -0.3 is 14.9 Å². The summed E-state index contributed by atoms with van der Waals surface area (Å²) in [6, 6.07) is 0. The van der Waals surface area contributed by atoms with Crippen LogP contribution in [0.3, 0.4) is 0 Å². The number of ether oxygens (including phenoxy) is 1. The number of hydrogen-bond donors (Lipinski definition) is 2. The molecule has 0 bridgehead atoms. The third-order valence-corrected chi connectivity index (χ3v) is 2.04. The molecule has 0 aromatic carbocycles. The highest BCUT2D eigenvalue weighted by Gasteiger charge is 2.12. The van der Waals surface area contributed by atoms with E-state index in [-0.39, 0.29) is 18.6 Å². The minimum absolute atomic E-state index is 0.155. The van der Waals surface area contributed by atoms with Gasteiger partial charge in [-0.25, -0.2) is 4.79 Å². The molecule has 0 aromatic rings. The standard InChI is InChI=1S/C11H18O5/c1-16-11(15)9(8-10(13)14)6-4-2-3-5-7-12/h6,12H,2-5,7-8H2,1H3,(H,13,14)/b9-6+. The lowest BCUT2D eigenvalue weighted by Crippen LogP contribution is -2.09. The van der Waals surface area contributed by atoms with E-state index in [0.29, 0.717) is 6.42 Å². The average molecular weight is 230 g/mol. The third-order valence-electron chi connectivity index (χ3n) is 2.04. The van der Waals surface area contributed by atoms with Gasteiger partial charge in [0.1, 0.15) is 0 Å². The maximum absolute atomic E-state index is 11.2. The summed E-state index contributed by atoms with van der Waals surface area (Å²) in [6.45, 7) is 0.155. The first-order chi connectivity index (χ1) is 7.61. The molecule has 0 radical (unpaired) electrons. The Morgan fingerprint density at radius 2 is 1.94 bits per heavy atom. The molecular formula is C11H18O5. The van der Waals surface area contributed by atoms with Crippen LogP contribution in [0.1, 0.15) is 32.1 Å². The van der Waals surface area contributed by atoms with Crippen molar-refractivity contribution in [2.75, 3.05) is 13.7 Å². The van der Waals surface area contributed by atoms with Gasteiger partial charge in [-0.3, -0.25) is 4.79 Å². The maximum Gasteiger partial charge on any atom is 0.333 e. The Balaban J connectivity index is 4.12. The van der Waals surface area contributed by atoms with Crippen molar-refractivity contribution < 1.29 is 24.5 Å². The van der Waals surface area contributed by atoms with E-state index in [9.17, 15) is 9.59 Å². The molecule has 0 unspecified atom stereocenters. The molecule has 0 aliphatic rings. The Morgan fingerprint density at radius 3 is 2.44 bits per heavy atom. The summed E-state index contributed by atoms with van der Waals surface area (Å²) in [5.41, 5.74) is 0.180. The number of carbonyl (C=O) groups excluding carboxylic acids is 1. The number of carboxylic acids is 1. The lowest BCUT2D eigenvalue weighted by Gasteiger charge is -2.02. The third kappa shape index (κ3) is 7.00. The number of esters is 1. The summed E-state index contributed by atoms with van der Waals surface area (Å²) in [4.78, 5) is 21.7. The number of allylic oxidation sites excluding steroid dienone is 1. The lowest BCUT2D eigenvalue weighted by atomic mass is 10.1. The van der Waals surface area contributed by atoms with E-state index in [2.05, 4.69) is 4.74 Å². The highest BCUT2D eigenvalue weighted by Crippen LogP contribution is 2.08. The minimum Gasteiger partial charge on any atom is -0.481 e. The second-order valence-corrected chi connectivity index (χ2v) is 3.36. The molecule has 5 nitrogen and oxygen atoms in total. The Kier molecular flexibility index (Phi) is 8.15. The molecule has 2 N–H and O–H groups in total. The Bertz CT molecular complexity index is 257. The number of hydrogen-bond acceptors (Lipinski definition) is 4. The predicted molar refractivity (Wildman–Crippen MR) is 57.9 cm³/mol. The van der Waals surface area contributed by atoms with E-state index in [1.807, 2.05) is 0 Å². The Hall–Kier alpha value is -1.36. The smallest absolute Gasteiger partial charge is 0.333 e. The van der Waals surface area contributed by atoms with E-state index in [4.69, 9.17) is 10.2 Å². The summed E-state index contributed by atoms with van der Waals surface area (Å²) in [6.07, 6.45) is 4.30. The van der Waals surface area contributed by atoms with E-state index in [1.165, 1.54) is 7.11 Å². The van der Waals surface area contributed by atoms with Gasteiger partial charge in [0.25, 0.3) is 0 Å². The van der Waals surface area contributed by atoms with E-state index >= 15 is 0 Å². The topological polar surface area (TPSA) is 83.8 Å². The zero-order valence-corrected chi connectivity index (χ0v) is 9.44. The first-order valence-corrected chi connectivity index (χ1v) is 5.21. The van der Waals surface area contributed by atoms with Crippen molar-refractivity contribution >= 4 is 11.9 Å². The summed E-state index contributed by atoms with van der Waals surface area (Å²) < 4.78 is 4.48. The largest absolute Gasteiger partial charge is 0.481 e. The van der Waals surface area contributed by atoms with Gasteiger partial charge in [0.15, 0.2) is 0 Å². The fourth-order valence-corrected chi connectivity index (χ4v) is 1.23. The van der Waals surface area contributed by atoms with Gasteiger partial charge in [-0.15, -0.1) is 0 Å². The van der Waals surface area contributed by atoms with Crippen molar-refractivity contribution in [3.8, 4) is 0 Å². The normalized spacial score (nSPS) is 11.2. The molecule has 5 heteroatoms. The number of aliphatic carboxylic acids is 1. The van der Waals surface area contributed by atoms with Crippen LogP contribution in [0.4, 0.5) is 0 Å². The van der Waals surface area contributed by atoms with Crippen LogP contribution in [0, 0.1) is 0 Å². The number of aliphatic hydroxyl groups is 1. The van der Waals surface area contributed by atoms with Gasteiger partial charge in [0.2, 0.25) is 0 Å². The van der Waals surface area contributed by atoms with Crippen LogP contribution >= 0.6 is 0 Å². The van der Waals surface area contributed by atoms with Crippen LogP contribution in [0.25, 0.3) is 0 Å². The number of rotatable bonds is 8.